The highest BCUT2D eigenvalue weighted by atomic mass is 32.2. The van der Waals surface area contributed by atoms with E-state index in [-0.39, 0.29) is 17.3 Å². The Morgan fingerprint density at radius 1 is 1.02 bits per heavy atom. The minimum Gasteiger partial charge on any atom is -0.483 e. The zero-order chi connectivity index (χ0) is 29.4. The van der Waals surface area contributed by atoms with Crippen molar-refractivity contribution in [2.75, 3.05) is 10.8 Å². The molecule has 0 radical (unpaired) electrons. The van der Waals surface area contributed by atoms with Crippen LogP contribution >= 0.6 is 11.3 Å². The summed E-state index contributed by atoms with van der Waals surface area (Å²) in [6.45, 7) is 5.98. The number of rotatable bonds is 10. The summed E-state index contributed by atoms with van der Waals surface area (Å²) in [6, 6.07) is 23.6. The van der Waals surface area contributed by atoms with E-state index in [0.717, 1.165) is 15.6 Å². The van der Waals surface area contributed by atoms with Gasteiger partial charge in [-0.25, -0.2) is 17.8 Å². The molecule has 0 bridgehead atoms. The molecule has 5 aromatic rings. The van der Waals surface area contributed by atoms with Crippen molar-refractivity contribution >= 4 is 54.1 Å². The first kappa shape index (κ1) is 28.7. The minimum absolute atomic E-state index is 0.0917. The van der Waals surface area contributed by atoms with Gasteiger partial charge in [-0.2, -0.15) is 0 Å². The topological polar surface area (TPSA) is 115 Å². The fourth-order valence-electron chi connectivity index (χ4n) is 5.11. The maximum Gasteiger partial charge on any atom is 0.416 e. The van der Waals surface area contributed by atoms with Gasteiger partial charge in [0, 0.05) is 16.6 Å². The first-order valence-corrected chi connectivity index (χ1v) is 15.7. The number of thiophene rings is 1. The molecule has 0 saturated carbocycles. The smallest absolute Gasteiger partial charge is 0.416 e. The molecule has 0 aliphatic rings. The summed E-state index contributed by atoms with van der Waals surface area (Å²) in [7, 11) is -4.00. The lowest BCUT2D eigenvalue weighted by atomic mass is 9.97. The van der Waals surface area contributed by atoms with Crippen LogP contribution < -0.4 is 14.8 Å². The van der Waals surface area contributed by atoms with Gasteiger partial charge in [0.05, 0.1) is 23.4 Å². The summed E-state index contributed by atoms with van der Waals surface area (Å²) in [4.78, 5) is 12.3. The van der Waals surface area contributed by atoms with Crippen molar-refractivity contribution in [1.82, 2.24) is 4.57 Å². The molecular formula is C31H33N3O5S2. The third-order valence-corrected chi connectivity index (χ3v) is 11.0. The van der Waals surface area contributed by atoms with Gasteiger partial charge >= 0.3 is 6.09 Å². The number of hydrogen-bond donors (Lipinski definition) is 2. The van der Waals surface area contributed by atoms with Gasteiger partial charge in [-0.15, -0.1) is 11.3 Å². The summed E-state index contributed by atoms with van der Waals surface area (Å²) in [5, 5.41) is 11.4. The number of carbonyl (C=O) groups is 1. The minimum atomic E-state index is -4.00. The normalized spacial score (nSPS) is 12.2. The monoisotopic (exact) mass is 591 g/mol. The van der Waals surface area contributed by atoms with Crippen LogP contribution in [0.25, 0.3) is 21.0 Å². The van der Waals surface area contributed by atoms with Crippen molar-refractivity contribution in [3.05, 3.63) is 90.1 Å². The number of hydrogen-bond acceptors (Lipinski definition) is 6. The van der Waals surface area contributed by atoms with E-state index in [0.29, 0.717) is 40.9 Å². The number of benzene rings is 3. The molecule has 3 N–H and O–H groups in total. The second-order valence-electron chi connectivity index (χ2n) is 10.0. The second kappa shape index (κ2) is 11.2. The van der Waals surface area contributed by atoms with E-state index in [9.17, 15) is 18.3 Å². The third-order valence-electron chi connectivity index (χ3n) is 7.70. The van der Waals surface area contributed by atoms with Crippen LogP contribution in [-0.4, -0.2) is 36.3 Å². The van der Waals surface area contributed by atoms with Crippen molar-refractivity contribution in [2.24, 2.45) is 5.73 Å². The summed E-state index contributed by atoms with van der Waals surface area (Å²) < 4.78 is 38.7. The second-order valence-corrected chi connectivity index (χ2v) is 13.2. The average molecular weight is 592 g/mol. The van der Waals surface area contributed by atoms with E-state index in [1.807, 2.05) is 68.4 Å². The Labute approximate surface area is 243 Å². The number of sulfonamides is 1. The van der Waals surface area contributed by atoms with Crippen LogP contribution in [0.2, 0.25) is 0 Å². The summed E-state index contributed by atoms with van der Waals surface area (Å²) >= 11 is 1.22. The van der Waals surface area contributed by atoms with Gasteiger partial charge in [-0.3, -0.25) is 4.31 Å². The zero-order valence-electron chi connectivity index (χ0n) is 23.2. The van der Waals surface area contributed by atoms with E-state index in [1.54, 1.807) is 31.2 Å². The van der Waals surface area contributed by atoms with Crippen LogP contribution in [0, 0.1) is 6.92 Å². The molecule has 0 saturated heterocycles. The lowest BCUT2D eigenvalue weighted by molar-refractivity contribution is 0.0698. The Morgan fingerprint density at radius 2 is 1.71 bits per heavy atom. The van der Waals surface area contributed by atoms with E-state index in [1.165, 1.54) is 20.2 Å². The van der Waals surface area contributed by atoms with Crippen LogP contribution in [0.15, 0.2) is 83.1 Å². The Balaban J connectivity index is 1.71. The summed E-state index contributed by atoms with van der Waals surface area (Å²) in [5.41, 5.74) is 7.46. The standard InChI is InChI=1S/C31H33N3O5S2/c1-4-31(5-2,20-32)39-29-21(3)34(30(35)36)26-16-15-24(18-25(26)29)33(19-22-11-7-6-8-12-22)41(37,38)28-17-23-13-9-10-14-27(23)40-28/h6-18H,4-5,19-20,32H2,1-3H3,(H,35,36). The van der Waals surface area contributed by atoms with Crippen LogP contribution in [0.5, 0.6) is 5.75 Å². The van der Waals surface area contributed by atoms with E-state index < -0.39 is 21.7 Å². The van der Waals surface area contributed by atoms with Gasteiger partial charge in [-0.05, 0) is 61.0 Å². The Kier molecular flexibility index (Phi) is 7.83. The van der Waals surface area contributed by atoms with Gasteiger partial charge in [0.2, 0.25) is 0 Å². The summed E-state index contributed by atoms with van der Waals surface area (Å²) in [5.74, 6) is 0.386. The maximum atomic E-state index is 14.3. The molecule has 3 aromatic carbocycles. The van der Waals surface area contributed by atoms with E-state index in [2.05, 4.69) is 0 Å². The largest absolute Gasteiger partial charge is 0.483 e. The highest BCUT2D eigenvalue weighted by molar-refractivity contribution is 7.94. The molecule has 0 fully saturated rings. The van der Waals surface area contributed by atoms with E-state index in [4.69, 9.17) is 10.5 Å². The molecule has 0 amide bonds. The van der Waals surface area contributed by atoms with Crippen molar-refractivity contribution in [1.29, 1.82) is 0 Å². The van der Waals surface area contributed by atoms with E-state index >= 15 is 0 Å². The van der Waals surface area contributed by atoms with Gasteiger partial charge in [0.25, 0.3) is 10.0 Å². The zero-order valence-corrected chi connectivity index (χ0v) is 24.8. The number of nitrogens with zero attached hydrogens (tertiary/aromatic N) is 2. The first-order valence-electron chi connectivity index (χ1n) is 13.5. The fraction of sp³-hybridized carbons (Fsp3) is 0.258. The molecule has 214 valence electrons. The number of ether oxygens (including phenoxy) is 1. The van der Waals surface area contributed by atoms with Gasteiger partial charge in [0.1, 0.15) is 15.6 Å². The number of nitrogens with two attached hydrogens (primary N) is 1. The molecule has 10 heteroatoms. The van der Waals surface area contributed by atoms with Crippen molar-refractivity contribution < 1.29 is 23.1 Å². The third kappa shape index (κ3) is 5.18. The average Bonchev–Trinajstić information content (AvgIpc) is 3.54. The molecule has 5 rings (SSSR count). The Morgan fingerprint density at radius 3 is 2.34 bits per heavy atom. The quantitative estimate of drug-likeness (QED) is 0.181. The molecule has 0 spiro atoms. The fourth-order valence-corrected chi connectivity index (χ4v) is 8.06. The highest BCUT2D eigenvalue weighted by Gasteiger charge is 2.32. The molecule has 0 atom stereocenters. The molecule has 0 aliphatic carbocycles. The molecule has 2 aromatic heterocycles. The highest BCUT2D eigenvalue weighted by Crippen LogP contribution is 2.40. The van der Waals surface area contributed by atoms with Crippen LogP contribution in [-0.2, 0) is 16.6 Å². The Hall–Kier alpha value is -3.86. The van der Waals surface area contributed by atoms with Crippen LogP contribution in [0.4, 0.5) is 10.5 Å². The van der Waals surface area contributed by atoms with Crippen molar-refractivity contribution in [2.45, 2.75) is 50.0 Å². The van der Waals surface area contributed by atoms with Crippen molar-refractivity contribution in [3.8, 4) is 5.75 Å². The molecular weight excluding hydrogens is 558 g/mol. The maximum absolute atomic E-state index is 14.3. The number of anilines is 1. The lowest BCUT2D eigenvalue weighted by Crippen LogP contribution is -2.42. The SMILES string of the molecule is CCC(CC)(CN)Oc1c(C)n(C(=O)O)c2ccc(N(Cc3ccccc3)S(=O)(=O)c3cc4ccccc4s3)cc12. The van der Waals surface area contributed by atoms with Gasteiger partial charge in [-0.1, -0.05) is 62.4 Å². The summed E-state index contributed by atoms with van der Waals surface area (Å²) in [6.07, 6.45) is 0.0963. The first-order chi connectivity index (χ1) is 19.6. The molecule has 0 unspecified atom stereocenters. The molecule has 2 heterocycles. The van der Waals surface area contributed by atoms with Crippen molar-refractivity contribution in [3.63, 3.8) is 0 Å². The van der Waals surface area contributed by atoms with Crippen LogP contribution in [0.1, 0.15) is 37.9 Å². The predicted molar refractivity (Wildman–Crippen MR) is 165 cm³/mol. The van der Waals surface area contributed by atoms with Crippen LogP contribution in [0.3, 0.4) is 0 Å². The van der Waals surface area contributed by atoms with Gasteiger partial charge < -0.3 is 15.6 Å². The number of aromatic nitrogens is 1. The molecule has 0 aliphatic heterocycles. The molecule has 8 nitrogen and oxygen atoms in total. The van der Waals surface area contributed by atoms with Gasteiger partial charge in [0.15, 0.2) is 0 Å². The number of fused-ring (bicyclic) bond motifs is 2. The lowest BCUT2D eigenvalue weighted by Gasteiger charge is -2.31. The molecule has 41 heavy (non-hydrogen) atoms. The predicted octanol–water partition coefficient (Wildman–Crippen LogP) is 6.98. The Bertz CT molecular complexity index is 1780. The number of carboxylic acid groups (broad SMARTS) is 1.